The van der Waals surface area contributed by atoms with Gasteiger partial charge in [0.15, 0.2) is 0 Å². The fraction of sp³-hybridized carbons (Fsp3) is 0.421. The van der Waals surface area contributed by atoms with Gasteiger partial charge in [0.05, 0.1) is 6.04 Å². The van der Waals surface area contributed by atoms with Crippen LogP contribution < -0.4 is 10.1 Å². The third-order valence-electron chi connectivity index (χ3n) is 4.55. The number of hydrogen-bond acceptors (Lipinski definition) is 6. The van der Waals surface area contributed by atoms with Crippen molar-refractivity contribution in [1.29, 1.82) is 0 Å². The van der Waals surface area contributed by atoms with Crippen LogP contribution >= 0.6 is 0 Å². The number of ether oxygens (including phenoxy) is 1. The molecule has 1 fully saturated rings. The van der Waals surface area contributed by atoms with E-state index in [2.05, 4.69) is 25.1 Å². The summed E-state index contributed by atoms with van der Waals surface area (Å²) in [4.78, 5) is 25.0. The molecular formula is C19H25N5O2. The molecule has 3 rings (SSSR count). The standard InChI is InChI=1S/C19H25N5O2/c1-16(18(25)22-19-20-8-5-9-21-19)24-12-10-23(11-13-24)14-15-26-17-6-3-2-4-7-17/h2-9,16H,10-15H2,1H3,(H,20,21,22,25). The maximum atomic E-state index is 12.4. The van der Waals surface area contributed by atoms with Gasteiger partial charge in [-0.15, -0.1) is 0 Å². The van der Waals surface area contributed by atoms with E-state index in [9.17, 15) is 4.79 Å². The Bertz CT molecular complexity index is 675. The third kappa shape index (κ3) is 5.24. The second kappa shape index (κ2) is 9.26. The van der Waals surface area contributed by atoms with Gasteiger partial charge in [-0.1, -0.05) is 18.2 Å². The summed E-state index contributed by atoms with van der Waals surface area (Å²) in [5.41, 5.74) is 0. The summed E-state index contributed by atoms with van der Waals surface area (Å²) in [5.74, 6) is 1.18. The molecule has 2 aromatic rings. The number of para-hydroxylation sites is 1. The fourth-order valence-electron chi connectivity index (χ4n) is 2.93. The van der Waals surface area contributed by atoms with Crippen molar-refractivity contribution in [3.8, 4) is 5.75 Å². The van der Waals surface area contributed by atoms with Crippen LogP contribution in [-0.4, -0.2) is 71.0 Å². The highest BCUT2D eigenvalue weighted by atomic mass is 16.5. The molecule has 1 aromatic carbocycles. The number of rotatable bonds is 7. The van der Waals surface area contributed by atoms with Crippen LogP contribution in [0.3, 0.4) is 0 Å². The van der Waals surface area contributed by atoms with Crippen molar-refractivity contribution in [2.24, 2.45) is 0 Å². The van der Waals surface area contributed by atoms with E-state index in [4.69, 9.17) is 4.74 Å². The fourth-order valence-corrected chi connectivity index (χ4v) is 2.93. The van der Waals surface area contributed by atoms with Gasteiger partial charge < -0.3 is 4.74 Å². The van der Waals surface area contributed by atoms with Gasteiger partial charge in [-0.25, -0.2) is 9.97 Å². The van der Waals surface area contributed by atoms with Crippen LogP contribution in [0.4, 0.5) is 5.95 Å². The number of benzene rings is 1. The van der Waals surface area contributed by atoms with Crippen molar-refractivity contribution in [3.63, 3.8) is 0 Å². The van der Waals surface area contributed by atoms with E-state index in [0.717, 1.165) is 38.5 Å². The number of carbonyl (C=O) groups is 1. The topological polar surface area (TPSA) is 70.6 Å². The molecule has 1 atom stereocenters. The number of amides is 1. The quantitative estimate of drug-likeness (QED) is 0.812. The van der Waals surface area contributed by atoms with Crippen molar-refractivity contribution < 1.29 is 9.53 Å². The van der Waals surface area contributed by atoms with E-state index in [1.165, 1.54) is 0 Å². The molecule has 7 heteroatoms. The first-order valence-electron chi connectivity index (χ1n) is 8.94. The van der Waals surface area contributed by atoms with Crippen molar-refractivity contribution >= 4 is 11.9 Å². The second-order valence-electron chi connectivity index (χ2n) is 6.28. The van der Waals surface area contributed by atoms with Crippen molar-refractivity contribution in [3.05, 3.63) is 48.8 Å². The Hall–Kier alpha value is -2.51. The van der Waals surface area contributed by atoms with E-state index >= 15 is 0 Å². The highest BCUT2D eigenvalue weighted by molar-refractivity contribution is 5.93. The molecule has 0 radical (unpaired) electrons. The maximum Gasteiger partial charge on any atom is 0.243 e. The Kier molecular flexibility index (Phi) is 6.51. The molecule has 1 aliphatic heterocycles. The van der Waals surface area contributed by atoms with Gasteiger partial charge in [0, 0.05) is 45.1 Å². The predicted octanol–water partition coefficient (Wildman–Crippen LogP) is 1.50. The molecule has 0 aliphatic carbocycles. The molecule has 1 aliphatic rings. The summed E-state index contributed by atoms with van der Waals surface area (Å²) in [6.07, 6.45) is 3.23. The van der Waals surface area contributed by atoms with Crippen LogP contribution in [0.5, 0.6) is 5.75 Å². The zero-order valence-corrected chi connectivity index (χ0v) is 15.0. The number of nitrogens with one attached hydrogen (secondary N) is 1. The van der Waals surface area contributed by atoms with Crippen molar-refractivity contribution in [2.45, 2.75) is 13.0 Å². The summed E-state index contributed by atoms with van der Waals surface area (Å²) < 4.78 is 5.75. The molecule has 1 unspecified atom stereocenters. The van der Waals surface area contributed by atoms with Crippen LogP contribution in [0.15, 0.2) is 48.8 Å². The lowest BCUT2D eigenvalue weighted by Gasteiger charge is -2.37. The first kappa shape index (κ1) is 18.3. The van der Waals surface area contributed by atoms with Gasteiger partial charge in [-0.3, -0.25) is 19.9 Å². The number of anilines is 1. The number of hydrogen-bond donors (Lipinski definition) is 1. The number of carbonyl (C=O) groups excluding carboxylic acids is 1. The molecule has 1 N–H and O–H groups in total. The minimum absolute atomic E-state index is 0.0722. The molecule has 26 heavy (non-hydrogen) atoms. The second-order valence-corrected chi connectivity index (χ2v) is 6.28. The summed E-state index contributed by atoms with van der Waals surface area (Å²) in [6.45, 7) is 7.05. The Morgan fingerprint density at radius 2 is 1.81 bits per heavy atom. The highest BCUT2D eigenvalue weighted by Gasteiger charge is 2.25. The molecule has 0 bridgehead atoms. The van der Waals surface area contributed by atoms with Crippen LogP contribution in [0, 0.1) is 0 Å². The largest absolute Gasteiger partial charge is 0.492 e. The predicted molar refractivity (Wildman–Crippen MR) is 100 cm³/mol. The molecule has 2 heterocycles. The van der Waals surface area contributed by atoms with Crippen molar-refractivity contribution in [2.75, 3.05) is 44.6 Å². The van der Waals surface area contributed by atoms with E-state index in [0.29, 0.717) is 12.6 Å². The van der Waals surface area contributed by atoms with Crippen LogP contribution in [0.25, 0.3) is 0 Å². The zero-order valence-electron chi connectivity index (χ0n) is 15.0. The monoisotopic (exact) mass is 355 g/mol. The lowest BCUT2D eigenvalue weighted by molar-refractivity contribution is -0.121. The highest BCUT2D eigenvalue weighted by Crippen LogP contribution is 2.10. The van der Waals surface area contributed by atoms with Crippen LogP contribution in [-0.2, 0) is 4.79 Å². The number of aromatic nitrogens is 2. The number of nitrogens with zero attached hydrogens (tertiary/aromatic N) is 4. The smallest absolute Gasteiger partial charge is 0.243 e. The Morgan fingerprint density at radius 3 is 2.50 bits per heavy atom. The minimum Gasteiger partial charge on any atom is -0.492 e. The van der Waals surface area contributed by atoms with E-state index in [1.54, 1.807) is 18.5 Å². The molecule has 0 spiro atoms. The summed E-state index contributed by atoms with van der Waals surface area (Å²) in [6, 6.07) is 11.4. The molecule has 0 saturated carbocycles. The molecule has 138 valence electrons. The van der Waals surface area contributed by atoms with Gasteiger partial charge in [0.1, 0.15) is 12.4 Å². The Labute approximate surface area is 154 Å². The zero-order chi connectivity index (χ0) is 18.2. The summed E-state index contributed by atoms with van der Waals surface area (Å²) in [7, 11) is 0. The third-order valence-corrected chi connectivity index (χ3v) is 4.55. The lowest BCUT2D eigenvalue weighted by atomic mass is 10.2. The average Bonchev–Trinajstić information content (AvgIpc) is 2.69. The van der Waals surface area contributed by atoms with Crippen molar-refractivity contribution in [1.82, 2.24) is 19.8 Å². The van der Waals surface area contributed by atoms with E-state index in [1.807, 2.05) is 37.3 Å². The van der Waals surface area contributed by atoms with Crippen LogP contribution in [0.2, 0.25) is 0 Å². The molecule has 1 aromatic heterocycles. The van der Waals surface area contributed by atoms with Gasteiger partial charge >= 0.3 is 0 Å². The Balaban J connectivity index is 1.38. The Morgan fingerprint density at radius 1 is 1.12 bits per heavy atom. The lowest BCUT2D eigenvalue weighted by Crippen LogP contribution is -2.53. The SMILES string of the molecule is CC(C(=O)Nc1ncccn1)N1CCN(CCOc2ccccc2)CC1. The first-order chi connectivity index (χ1) is 12.7. The van der Waals surface area contributed by atoms with E-state index in [-0.39, 0.29) is 11.9 Å². The molecule has 1 saturated heterocycles. The summed E-state index contributed by atoms with van der Waals surface area (Å²) >= 11 is 0. The molecular weight excluding hydrogens is 330 g/mol. The molecule has 7 nitrogen and oxygen atoms in total. The number of piperazine rings is 1. The van der Waals surface area contributed by atoms with Crippen LogP contribution in [0.1, 0.15) is 6.92 Å². The average molecular weight is 355 g/mol. The first-order valence-corrected chi connectivity index (χ1v) is 8.94. The van der Waals surface area contributed by atoms with E-state index < -0.39 is 0 Å². The molecule has 1 amide bonds. The summed E-state index contributed by atoms with van der Waals surface area (Å²) in [5, 5.41) is 2.77. The minimum atomic E-state index is -0.207. The maximum absolute atomic E-state index is 12.4. The van der Waals surface area contributed by atoms with Gasteiger partial charge in [0.25, 0.3) is 0 Å². The normalized spacial score (nSPS) is 16.8. The van der Waals surface area contributed by atoms with Gasteiger partial charge in [-0.05, 0) is 25.1 Å². The van der Waals surface area contributed by atoms with Gasteiger partial charge in [0.2, 0.25) is 11.9 Å². The van der Waals surface area contributed by atoms with Gasteiger partial charge in [-0.2, -0.15) is 0 Å².